The van der Waals surface area contributed by atoms with Gasteiger partial charge in [-0.2, -0.15) is 0 Å². The molecule has 0 spiro atoms. The number of primary amides is 1. The maximum atomic E-state index is 11.7. The predicted octanol–water partition coefficient (Wildman–Crippen LogP) is -0.398. The molecule has 0 aliphatic carbocycles. The molecule has 1 aromatic rings. The average molecular weight is 283 g/mol. The summed E-state index contributed by atoms with van der Waals surface area (Å²) in [7, 11) is 0. The van der Waals surface area contributed by atoms with Crippen molar-refractivity contribution >= 4 is 17.9 Å². The number of ether oxygens (including phenoxy) is 1. The van der Waals surface area contributed by atoms with E-state index in [1.165, 1.54) is 4.68 Å². The van der Waals surface area contributed by atoms with Crippen LogP contribution in [0.25, 0.3) is 0 Å². The number of esters is 1. The van der Waals surface area contributed by atoms with E-state index in [1.54, 1.807) is 6.92 Å². The Morgan fingerprint density at radius 3 is 2.60 bits per heavy atom. The topological polar surface area (TPSA) is 129 Å². The average Bonchev–Trinajstić information content (AvgIpc) is 2.72. The lowest BCUT2D eigenvalue weighted by Crippen LogP contribution is -2.37. The first-order chi connectivity index (χ1) is 9.49. The molecule has 0 radical (unpaired) electrons. The van der Waals surface area contributed by atoms with Gasteiger partial charge in [-0.1, -0.05) is 18.6 Å². The summed E-state index contributed by atoms with van der Waals surface area (Å²) in [6.07, 6.45) is 1.24. The SMILES string of the molecule is CCCc1c(C(=O)OCC)nnn1CC(=O)NC(N)=O. The zero-order chi connectivity index (χ0) is 15.1. The zero-order valence-corrected chi connectivity index (χ0v) is 11.4. The first-order valence-corrected chi connectivity index (χ1v) is 6.18. The van der Waals surface area contributed by atoms with E-state index >= 15 is 0 Å². The number of nitrogens with zero attached hydrogens (tertiary/aromatic N) is 3. The molecule has 0 bridgehead atoms. The van der Waals surface area contributed by atoms with E-state index in [9.17, 15) is 14.4 Å². The van der Waals surface area contributed by atoms with Crippen molar-refractivity contribution in [3.8, 4) is 0 Å². The molecule has 3 N–H and O–H groups in total. The van der Waals surface area contributed by atoms with Crippen molar-refractivity contribution in [2.75, 3.05) is 6.61 Å². The Morgan fingerprint density at radius 1 is 1.35 bits per heavy atom. The molecule has 9 heteroatoms. The quantitative estimate of drug-likeness (QED) is 0.683. The number of imide groups is 1. The van der Waals surface area contributed by atoms with Gasteiger partial charge >= 0.3 is 12.0 Å². The highest BCUT2D eigenvalue weighted by Gasteiger charge is 2.21. The highest BCUT2D eigenvalue weighted by atomic mass is 16.5. The number of aromatic nitrogens is 3. The molecule has 0 atom stereocenters. The van der Waals surface area contributed by atoms with Crippen molar-refractivity contribution in [3.63, 3.8) is 0 Å². The van der Waals surface area contributed by atoms with Crippen LogP contribution in [0.2, 0.25) is 0 Å². The zero-order valence-electron chi connectivity index (χ0n) is 11.4. The number of hydrogen-bond donors (Lipinski definition) is 2. The summed E-state index contributed by atoms with van der Waals surface area (Å²) in [5.74, 6) is -1.22. The second-order valence-corrected chi connectivity index (χ2v) is 3.93. The second kappa shape index (κ2) is 7.22. The first kappa shape index (κ1) is 15.6. The normalized spacial score (nSPS) is 10.1. The van der Waals surface area contributed by atoms with Crippen molar-refractivity contribution in [1.82, 2.24) is 20.3 Å². The Bertz CT molecular complexity index is 511. The molecular formula is C11H17N5O4. The smallest absolute Gasteiger partial charge is 0.360 e. The third-order valence-electron chi connectivity index (χ3n) is 2.35. The van der Waals surface area contributed by atoms with Crippen LogP contribution in [0, 0.1) is 0 Å². The lowest BCUT2D eigenvalue weighted by atomic mass is 10.2. The maximum Gasteiger partial charge on any atom is 0.360 e. The van der Waals surface area contributed by atoms with Crippen LogP contribution >= 0.6 is 0 Å². The molecule has 9 nitrogen and oxygen atoms in total. The van der Waals surface area contributed by atoms with Gasteiger partial charge in [0, 0.05) is 0 Å². The van der Waals surface area contributed by atoms with Crippen LogP contribution in [0.5, 0.6) is 0 Å². The number of urea groups is 1. The summed E-state index contributed by atoms with van der Waals surface area (Å²) in [6.45, 7) is 3.57. The number of carbonyl (C=O) groups is 3. The van der Waals surface area contributed by atoms with Gasteiger partial charge < -0.3 is 10.5 Å². The minimum absolute atomic E-state index is 0.0839. The fourth-order valence-electron chi connectivity index (χ4n) is 1.62. The van der Waals surface area contributed by atoms with Gasteiger partial charge in [0.25, 0.3) is 0 Å². The summed E-state index contributed by atoms with van der Waals surface area (Å²) >= 11 is 0. The van der Waals surface area contributed by atoms with Crippen LogP contribution in [0.1, 0.15) is 36.5 Å². The van der Waals surface area contributed by atoms with Gasteiger partial charge in [0.2, 0.25) is 5.91 Å². The third-order valence-corrected chi connectivity index (χ3v) is 2.35. The first-order valence-electron chi connectivity index (χ1n) is 6.18. The van der Waals surface area contributed by atoms with Crippen LogP contribution in [-0.2, 0) is 22.5 Å². The van der Waals surface area contributed by atoms with Gasteiger partial charge in [0.05, 0.1) is 12.3 Å². The van der Waals surface area contributed by atoms with Crippen molar-refractivity contribution in [1.29, 1.82) is 0 Å². The largest absolute Gasteiger partial charge is 0.461 e. The molecule has 0 saturated heterocycles. The Balaban J connectivity index is 2.93. The Morgan fingerprint density at radius 2 is 2.05 bits per heavy atom. The summed E-state index contributed by atoms with van der Waals surface area (Å²) in [4.78, 5) is 33.8. The van der Waals surface area contributed by atoms with Gasteiger partial charge in [-0.05, 0) is 13.3 Å². The lowest BCUT2D eigenvalue weighted by Gasteiger charge is -2.06. The molecule has 0 aliphatic heterocycles. The number of hydrogen-bond acceptors (Lipinski definition) is 6. The summed E-state index contributed by atoms with van der Waals surface area (Å²) < 4.78 is 6.13. The highest BCUT2D eigenvalue weighted by molar-refractivity contribution is 5.93. The van der Waals surface area contributed by atoms with Crippen LogP contribution in [0.4, 0.5) is 4.79 Å². The number of nitrogens with two attached hydrogens (primary N) is 1. The number of carbonyl (C=O) groups excluding carboxylic acids is 3. The second-order valence-electron chi connectivity index (χ2n) is 3.93. The molecule has 0 unspecified atom stereocenters. The Hall–Kier alpha value is -2.45. The summed E-state index contributed by atoms with van der Waals surface area (Å²) in [5, 5.41) is 9.39. The maximum absolute atomic E-state index is 11.7. The van der Waals surface area contributed by atoms with Gasteiger partial charge in [-0.15, -0.1) is 5.10 Å². The fourth-order valence-corrected chi connectivity index (χ4v) is 1.62. The molecule has 20 heavy (non-hydrogen) atoms. The lowest BCUT2D eigenvalue weighted by molar-refractivity contribution is -0.120. The van der Waals surface area contributed by atoms with E-state index in [1.807, 2.05) is 12.2 Å². The summed E-state index contributed by atoms with van der Waals surface area (Å²) in [6, 6.07) is -0.947. The van der Waals surface area contributed by atoms with Gasteiger partial charge in [0.1, 0.15) is 6.54 Å². The van der Waals surface area contributed by atoms with Crippen LogP contribution < -0.4 is 11.1 Å². The molecule has 110 valence electrons. The standard InChI is InChI=1S/C11H17N5O4/c1-3-5-7-9(10(18)20-4-2)14-15-16(7)6-8(17)13-11(12)19/h3-6H2,1-2H3,(H3,12,13,17,19). The van der Waals surface area contributed by atoms with Crippen molar-refractivity contribution in [2.24, 2.45) is 5.73 Å². The van der Waals surface area contributed by atoms with E-state index in [0.717, 1.165) is 6.42 Å². The Kier molecular flexibility index (Phi) is 5.63. The molecule has 0 aliphatic rings. The van der Waals surface area contributed by atoms with E-state index in [0.29, 0.717) is 12.1 Å². The minimum Gasteiger partial charge on any atom is -0.461 e. The van der Waals surface area contributed by atoms with Crippen LogP contribution in [0.3, 0.4) is 0 Å². The number of nitrogens with one attached hydrogen (secondary N) is 1. The van der Waals surface area contributed by atoms with Crippen molar-refractivity contribution in [3.05, 3.63) is 11.4 Å². The monoisotopic (exact) mass is 283 g/mol. The molecule has 0 saturated carbocycles. The van der Waals surface area contributed by atoms with Gasteiger partial charge in [0.15, 0.2) is 5.69 Å². The highest BCUT2D eigenvalue weighted by Crippen LogP contribution is 2.10. The molecule has 3 amide bonds. The molecule has 1 rings (SSSR count). The minimum atomic E-state index is -0.947. The van der Waals surface area contributed by atoms with Crippen molar-refractivity contribution < 1.29 is 19.1 Å². The predicted molar refractivity (Wildman–Crippen MR) is 67.7 cm³/mol. The molecule has 0 aromatic carbocycles. The van der Waals surface area contributed by atoms with E-state index in [-0.39, 0.29) is 18.8 Å². The van der Waals surface area contributed by atoms with Gasteiger partial charge in [-0.3, -0.25) is 10.1 Å². The fraction of sp³-hybridized carbons (Fsp3) is 0.545. The van der Waals surface area contributed by atoms with Crippen molar-refractivity contribution in [2.45, 2.75) is 33.2 Å². The molecule has 1 heterocycles. The molecule has 0 fully saturated rings. The molecular weight excluding hydrogens is 266 g/mol. The number of amides is 3. The number of rotatable bonds is 6. The third kappa shape index (κ3) is 4.04. The van der Waals surface area contributed by atoms with Gasteiger partial charge in [-0.25, -0.2) is 14.3 Å². The molecule has 1 aromatic heterocycles. The van der Waals surface area contributed by atoms with Crippen LogP contribution in [-0.4, -0.2) is 39.5 Å². The summed E-state index contributed by atoms with van der Waals surface area (Å²) in [5.41, 5.74) is 5.42. The van der Waals surface area contributed by atoms with E-state index < -0.39 is 17.9 Å². The van der Waals surface area contributed by atoms with E-state index in [4.69, 9.17) is 10.5 Å². The van der Waals surface area contributed by atoms with E-state index in [2.05, 4.69) is 10.3 Å². The Labute approximate surface area is 115 Å². The van der Waals surface area contributed by atoms with Crippen LogP contribution in [0.15, 0.2) is 0 Å².